The van der Waals surface area contributed by atoms with E-state index in [0.29, 0.717) is 6.04 Å². The molecule has 2 nitrogen and oxygen atoms in total. The van der Waals surface area contributed by atoms with Crippen molar-refractivity contribution in [1.82, 2.24) is 10.2 Å². The van der Waals surface area contributed by atoms with Gasteiger partial charge < -0.3 is 5.32 Å². The van der Waals surface area contributed by atoms with Gasteiger partial charge in [0.25, 0.3) is 0 Å². The molecule has 1 rings (SSSR count). The van der Waals surface area contributed by atoms with Gasteiger partial charge in [-0.05, 0) is 32.2 Å². The van der Waals surface area contributed by atoms with Crippen LogP contribution < -0.4 is 5.32 Å². The monoisotopic (exact) mass is 212 g/mol. The van der Waals surface area contributed by atoms with Gasteiger partial charge in [-0.1, -0.05) is 27.7 Å². The third-order valence-electron chi connectivity index (χ3n) is 3.60. The highest BCUT2D eigenvalue weighted by Gasteiger charge is 2.28. The highest BCUT2D eigenvalue weighted by Crippen LogP contribution is 2.23. The van der Waals surface area contributed by atoms with Crippen molar-refractivity contribution in [2.75, 3.05) is 13.1 Å². The fourth-order valence-electron chi connectivity index (χ4n) is 2.65. The fourth-order valence-corrected chi connectivity index (χ4v) is 2.65. The van der Waals surface area contributed by atoms with Gasteiger partial charge in [0.05, 0.1) is 0 Å². The average Bonchev–Trinajstić information content (AvgIpc) is 2.66. The fraction of sp³-hybridized carbons (Fsp3) is 1.00. The maximum atomic E-state index is 3.58. The molecule has 2 atom stereocenters. The van der Waals surface area contributed by atoms with Crippen LogP contribution in [-0.2, 0) is 0 Å². The normalized spacial score (nSPS) is 25.0. The molecule has 1 N–H and O–H groups in total. The quantitative estimate of drug-likeness (QED) is 0.728. The Morgan fingerprint density at radius 1 is 1.33 bits per heavy atom. The summed E-state index contributed by atoms with van der Waals surface area (Å²) in [5.41, 5.74) is 0. The molecule has 0 bridgehead atoms. The summed E-state index contributed by atoms with van der Waals surface area (Å²) in [5.74, 6) is 0. The summed E-state index contributed by atoms with van der Waals surface area (Å²) in [4.78, 5) is 2.73. The third-order valence-corrected chi connectivity index (χ3v) is 3.60. The molecule has 0 saturated carbocycles. The van der Waals surface area contributed by atoms with Crippen LogP contribution in [-0.4, -0.2) is 36.1 Å². The molecule has 2 unspecified atom stereocenters. The lowest BCUT2D eigenvalue weighted by molar-refractivity contribution is 0.165. The average molecular weight is 212 g/mol. The molecule has 1 saturated heterocycles. The summed E-state index contributed by atoms with van der Waals surface area (Å²) < 4.78 is 0. The molecule has 0 aromatic rings. The van der Waals surface area contributed by atoms with E-state index in [1.54, 1.807) is 0 Å². The first kappa shape index (κ1) is 13.0. The SMILES string of the molecule is CCC1CCCN1C(CC)CNC(C)C. The van der Waals surface area contributed by atoms with Gasteiger partial charge in [0, 0.05) is 24.7 Å². The Balaban J connectivity index is 2.42. The van der Waals surface area contributed by atoms with Crippen molar-refractivity contribution in [1.29, 1.82) is 0 Å². The van der Waals surface area contributed by atoms with Crippen LogP contribution in [0, 0.1) is 0 Å². The van der Waals surface area contributed by atoms with E-state index in [9.17, 15) is 0 Å². The molecule has 1 fully saturated rings. The maximum Gasteiger partial charge on any atom is 0.0221 e. The standard InChI is InChI=1S/C13H28N2/c1-5-12-8-7-9-15(12)13(6-2)10-14-11(3)4/h11-14H,5-10H2,1-4H3. The molecule has 1 aliphatic heterocycles. The minimum atomic E-state index is 0.613. The Bertz CT molecular complexity index is 168. The predicted molar refractivity (Wildman–Crippen MR) is 67.2 cm³/mol. The summed E-state index contributed by atoms with van der Waals surface area (Å²) >= 11 is 0. The van der Waals surface area contributed by atoms with Crippen LogP contribution in [0.15, 0.2) is 0 Å². The van der Waals surface area contributed by atoms with Crippen LogP contribution in [0.5, 0.6) is 0 Å². The molecule has 1 heterocycles. The Kier molecular flexibility index (Phi) is 5.62. The van der Waals surface area contributed by atoms with Crippen LogP contribution in [0.2, 0.25) is 0 Å². The van der Waals surface area contributed by atoms with Gasteiger partial charge in [0.1, 0.15) is 0 Å². The van der Waals surface area contributed by atoms with Gasteiger partial charge in [-0.2, -0.15) is 0 Å². The Labute approximate surface area is 95.4 Å². The molecule has 0 aliphatic carbocycles. The molecular formula is C13H28N2. The summed E-state index contributed by atoms with van der Waals surface area (Å²) in [6, 6.07) is 2.21. The molecule has 0 aromatic heterocycles. The lowest BCUT2D eigenvalue weighted by Crippen LogP contribution is -2.45. The van der Waals surface area contributed by atoms with Crippen LogP contribution in [0.25, 0.3) is 0 Å². The molecule has 15 heavy (non-hydrogen) atoms. The number of nitrogens with one attached hydrogen (secondary N) is 1. The van der Waals surface area contributed by atoms with E-state index in [1.165, 1.54) is 32.2 Å². The zero-order chi connectivity index (χ0) is 11.3. The molecule has 0 amide bonds. The van der Waals surface area contributed by atoms with E-state index in [-0.39, 0.29) is 0 Å². The van der Waals surface area contributed by atoms with Crippen molar-refractivity contribution in [3.8, 4) is 0 Å². The smallest absolute Gasteiger partial charge is 0.0221 e. The van der Waals surface area contributed by atoms with E-state index >= 15 is 0 Å². The molecule has 0 radical (unpaired) electrons. The van der Waals surface area contributed by atoms with Crippen molar-refractivity contribution >= 4 is 0 Å². The van der Waals surface area contributed by atoms with Crippen LogP contribution >= 0.6 is 0 Å². The van der Waals surface area contributed by atoms with Crippen molar-refractivity contribution in [2.24, 2.45) is 0 Å². The van der Waals surface area contributed by atoms with Gasteiger partial charge in [0.2, 0.25) is 0 Å². The van der Waals surface area contributed by atoms with E-state index in [1.807, 2.05) is 0 Å². The third kappa shape index (κ3) is 3.76. The zero-order valence-corrected chi connectivity index (χ0v) is 10.9. The van der Waals surface area contributed by atoms with Crippen LogP contribution in [0.4, 0.5) is 0 Å². The van der Waals surface area contributed by atoms with Gasteiger partial charge in [0.15, 0.2) is 0 Å². The topological polar surface area (TPSA) is 15.3 Å². The molecule has 0 aromatic carbocycles. The Hall–Kier alpha value is -0.0800. The van der Waals surface area contributed by atoms with E-state index in [2.05, 4.69) is 37.9 Å². The van der Waals surface area contributed by atoms with Gasteiger partial charge >= 0.3 is 0 Å². The maximum absolute atomic E-state index is 3.58. The molecule has 90 valence electrons. The van der Waals surface area contributed by atoms with Gasteiger partial charge in [-0.3, -0.25) is 4.90 Å². The minimum Gasteiger partial charge on any atom is -0.313 e. The largest absolute Gasteiger partial charge is 0.313 e. The number of nitrogens with zero attached hydrogens (tertiary/aromatic N) is 1. The van der Waals surface area contributed by atoms with Gasteiger partial charge in [-0.25, -0.2) is 0 Å². The zero-order valence-electron chi connectivity index (χ0n) is 10.9. The molecule has 2 heteroatoms. The van der Waals surface area contributed by atoms with Crippen molar-refractivity contribution < 1.29 is 0 Å². The minimum absolute atomic E-state index is 0.613. The number of likely N-dealkylation sites (tertiary alicyclic amines) is 1. The Morgan fingerprint density at radius 2 is 2.07 bits per heavy atom. The highest BCUT2D eigenvalue weighted by atomic mass is 15.2. The van der Waals surface area contributed by atoms with E-state index < -0.39 is 0 Å². The molecular weight excluding hydrogens is 184 g/mol. The van der Waals surface area contributed by atoms with Gasteiger partial charge in [-0.15, -0.1) is 0 Å². The Morgan fingerprint density at radius 3 is 2.60 bits per heavy atom. The van der Waals surface area contributed by atoms with Crippen molar-refractivity contribution in [2.45, 2.75) is 71.5 Å². The lowest BCUT2D eigenvalue weighted by atomic mass is 10.1. The predicted octanol–water partition coefficient (Wildman–Crippen LogP) is 2.64. The second-order valence-electron chi connectivity index (χ2n) is 5.07. The molecule has 1 aliphatic rings. The van der Waals surface area contributed by atoms with Crippen LogP contribution in [0.1, 0.15) is 53.4 Å². The summed E-state index contributed by atoms with van der Waals surface area (Å²) in [6.45, 7) is 11.6. The first-order valence-electron chi connectivity index (χ1n) is 6.68. The number of rotatable bonds is 6. The second kappa shape index (κ2) is 6.49. The number of hydrogen-bond acceptors (Lipinski definition) is 2. The summed E-state index contributed by atoms with van der Waals surface area (Å²) in [6.07, 6.45) is 5.40. The first-order chi connectivity index (χ1) is 7.19. The number of hydrogen-bond donors (Lipinski definition) is 1. The second-order valence-corrected chi connectivity index (χ2v) is 5.07. The molecule has 0 spiro atoms. The van der Waals surface area contributed by atoms with Crippen molar-refractivity contribution in [3.63, 3.8) is 0 Å². The van der Waals surface area contributed by atoms with Crippen molar-refractivity contribution in [3.05, 3.63) is 0 Å². The lowest BCUT2D eigenvalue weighted by Gasteiger charge is -2.32. The van der Waals surface area contributed by atoms with E-state index in [0.717, 1.165) is 18.6 Å². The summed E-state index contributed by atoms with van der Waals surface area (Å²) in [7, 11) is 0. The highest BCUT2D eigenvalue weighted by molar-refractivity contribution is 4.84. The first-order valence-corrected chi connectivity index (χ1v) is 6.68. The van der Waals surface area contributed by atoms with Crippen LogP contribution in [0.3, 0.4) is 0 Å². The van der Waals surface area contributed by atoms with E-state index in [4.69, 9.17) is 0 Å². The summed E-state index contributed by atoms with van der Waals surface area (Å²) in [5, 5.41) is 3.58.